The van der Waals surface area contributed by atoms with Crippen molar-refractivity contribution < 1.29 is 20.2 Å². The number of aliphatic hydroxyl groups is 2. The van der Waals surface area contributed by atoms with E-state index in [1.165, 1.54) is 12.1 Å². The van der Waals surface area contributed by atoms with E-state index in [9.17, 15) is 15.0 Å². The van der Waals surface area contributed by atoms with Crippen molar-refractivity contribution in [2.75, 3.05) is 5.06 Å². The summed E-state index contributed by atoms with van der Waals surface area (Å²) >= 11 is 0. The monoisotopic (exact) mass is 181 g/mol. The Kier molecular flexibility index (Phi) is 1.44. The van der Waals surface area contributed by atoms with Crippen LogP contribution in [-0.2, 0) is 10.6 Å². The highest BCUT2D eigenvalue weighted by atomic mass is 16.6. The summed E-state index contributed by atoms with van der Waals surface area (Å²) in [5, 5.41) is 28.0. The van der Waals surface area contributed by atoms with Crippen LogP contribution >= 0.6 is 0 Å². The molecule has 0 radical (unpaired) electrons. The molecule has 0 fully saturated rings. The third-order valence-corrected chi connectivity index (χ3v) is 2.00. The Balaban J connectivity index is 2.68. The van der Waals surface area contributed by atoms with E-state index in [-0.39, 0.29) is 16.3 Å². The number of benzene rings is 1. The van der Waals surface area contributed by atoms with Crippen molar-refractivity contribution in [2.24, 2.45) is 0 Å². The lowest BCUT2D eigenvalue weighted by atomic mass is 10.1. The Morgan fingerprint density at radius 2 is 1.85 bits per heavy atom. The summed E-state index contributed by atoms with van der Waals surface area (Å²) in [7, 11) is 0. The number of hydrogen-bond acceptors (Lipinski definition) is 4. The summed E-state index contributed by atoms with van der Waals surface area (Å²) in [5.74, 6) is -3.76. The van der Waals surface area contributed by atoms with Gasteiger partial charge < -0.3 is 10.2 Å². The van der Waals surface area contributed by atoms with Gasteiger partial charge in [-0.25, -0.2) is 0 Å². The van der Waals surface area contributed by atoms with Crippen LogP contribution in [0.15, 0.2) is 24.3 Å². The minimum atomic E-state index is -2.61. The molecule has 0 spiro atoms. The van der Waals surface area contributed by atoms with Crippen molar-refractivity contribution in [1.82, 2.24) is 0 Å². The van der Waals surface area contributed by atoms with E-state index in [0.29, 0.717) is 0 Å². The van der Waals surface area contributed by atoms with Gasteiger partial charge in [-0.15, -0.1) is 0 Å². The Morgan fingerprint density at radius 1 is 1.23 bits per heavy atom. The molecule has 0 aliphatic carbocycles. The minimum Gasteiger partial charge on any atom is -0.354 e. The van der Waals surface area contributed by atoms with E-state index in [4.69, 9.17) is 5.21 Å². The van der Waals surface area contributed by atoms with Crippen molar-refractivity contribution in [3.63, 3.8) is 0 Å². The van der Waals surface area contributed by atoms with Crippen LogP contribution in [0.1, 0.15) is 5.56 Å². The number of para-hydroxylation sites is 1. The van der Waals surface area contributed by atoms with Crippen LogP contribution in [0.4, 0.5) is 5.69 Å². The van der Waals surface area contributed by atoms with Gasteiger partial charge in [-0.05, 0) is 6.07 Å². The SMILES string of the molecule is O=C1N(O)c2ccccc2C1(O)O. The van der Waals surface area contributed by atoms with Gasteiger partial charge in [0, 0.05) is 5.56 Å². The second-order valence-corrected chi connectivity index (χ2v) is 2.81. The minimum absolute atomic E-state index is 0.0116. The predicted molar refractivity (Wildman–Crippen MR) is 41.8 cm³/mol. The summed E-state index contributed by atoms with van der Waals surface area (Å²) in [6.07, 6.45) is 0. The Labute approximate surface area is 73.4 Å². The molecule has 1 aliphatic heterocycles. The van der Waals surface area contributed by atoms with Gasteiger partial charge in [-0.3, -0.25) is 10.0 Å². The average Bonchev–Trinajstić information content (AvgIpc) is 2.30. The number of carbonyl (C=O) groups excluding carboxylic acids is 1. The van der Waals surface area contributed by atoms with Gasteiger partial charge >= 0.3 is 5.91 Å². The van der Waals surface area contributed by atoms with Gasteiger partial charge in [0.2, 0.25) is 0 Å². The van der Waals surface area contributed by atoms with Gasteiger partial charge in [0.25, 0.3) is 5.79 Å². The average molecular weight is 181 g/mol. The molecule has 2 rings (SSSR count). The maximum atomic E-state index is 11.1. The van der Waals surface area contributed by atoms with E-state index in [1.54, 1.807) is 12.1 Å². The molecule has 5 nitrogen and oxygen atoms in total. The molecular formula is C8H7NO4. The Morgan fingerprint density at radius 3 is 2.46 bits per heavy atom. The highest BCUT2D eigenvalue weighted by molar-refractivity contribution is 6.03. The first-order chi connectivity index (χ1) is 6.05. The molecule has 0 aromatic heterocycles. The van der Waals surface area contributed by atoms with Crippen LogP contribution < -0.4 is 5.06 Å². The van der Waals surface area contributed by atoms with Crippen LogP contribution in [-0.4, -0.2) is 21.3 Å². The molecule has 0 bridgehead atoms. The topological polar surface area (TPSA) is 81.0 Å². The Hall–Kier alpha value is -1.43. The van der Waals surface area contributed by atoms with Crippen molar-refractivity contribution >= 4 is 11.6 Å². The number of nitrogens with zero attached hydrogens (tertiary/aromatic N) is 1. The van der Waals surface area contributed by atoms with Crippen LogP contribution in [0, 0.1) is 0 Å². The highest BCUT2D eigenvalue weighted by Crippen LogP contribution is 2.36. The van der Waals surface area contributed by atoms with Gasteiger partial charge in [-0.2, -0.15) is 5.06 Å². The van der Waals surface area contributed by atoms with E-state index in [2.05, 4.69) is 0 Å². The molecule has 0 atom stereocenters. The summed E-state index contributed by atoms with van der Waals surface area (Å²) in [6.45, 7) is 0. The molecular weight excluding hydrogens is 174 g/mol. The van der Waals surface area contributed by atoms with Gasteiger partial charge in [0.15, 0.2) is 0 Å². The molecule has 0 unspecified atom stereocenters. The van der Waals surface area contributed by atoms with Gasteiger partial charge in [0.05, 0.1) is 5.69 Å². The third-order valence-electron chi connectivity index (χ3n) is 2.00. The van der Waals surface area contributed by atoms with Crippen LogP contribution in [0.25, 0.3) is 0 Å². The normalized spacial score (nSPS) is 19.0. The summed E-state index contributed by atoms with van der Waals surface area (Å²) < 4.78 is 0. The third kappa shape index (κ3) is 0.888. The molecule has 1 aliphatic rings. The number of amides is 1. The Bertz CT molecular complexity index is 374. The summed E-state index contributed by atoms with van der Waals surface area (Å²) in [4.78, 5) is 11.1. The fraction of sp³-hybridized carbons (Fsp3) is 0.125. The smallest absolute Gasteiger partial charge is 0.315 e. The maximum absolute atomic E-state index is 11.1. The number of anilines is 1. The molecule has 5 heteroatoms. The van der Waals surface area contributed by atoms with Crippen molar-refractivity contribution in [3.05, 3.63) is 29.8 Å². The van der Waals surface area contributed by atoms with Gasteiger partial charge in [-0.1, -0.05) is 18.2 Å². The van der Waals surface area contributed by atoms with Gasteiger partial charge in [0.1, 0.15) is 0 Å². The molecule has 0 saturated carbocycles. The number of hydroxylamine groups is 1. The van der Waals surface area contributed by atoms with Crippen LogP contribution in [0.5, 0.6) is 0 Å². The molecule has 0 saturated heterocycles. The van der Waals surface area contributed by atoms with E-state index in [1.807, 2.05) is 0 Å². The largest absolute Gasteiger partial charge is 0.354 e. The first kappa shape index (κ1) is 8.18. The molecule has 1 amide bonds. The quantitative estimate of drug-likeness (QED) is 0.374. The first-order valence-electron chi connectivity index (χ1n) is 3.63. The first-order valence-corrected chi connectivity index (χ1v) is 3.63. The van der Waals surface area contributed by atoms with E-state index >= 15 is 0 Å². The standard InChI is InChI=1S/C8H7NO4/c10-7-8(11,12)5-3-1-2-4-6(5)9(7)13/h1-4,11-13H. The van der Waals surface area contributed by atoms with E-state index < -0.39 is 11.7 Å². The second kappa shape index (κ2) is 2.29. The number of carbonyl (C=O) groups is 1. The lowest BCUT2D eigenvalue weighted by molar-refractivity contribution is -0.186. The zero-order chi connectivity index (χ0) is 9.64. The fourth-order valence-corrected chi connectivity index (χ4v) is 1.33. The second-order valence-electron chi connectivity index (χ2n) is 2.81. The van der Waals surface area contributed by atoms with Crippen molar-refractivity contribution in [1.29, 1.82) is 0 Å². The number of hydrogen-bond donors (Lipinski definition) is 3. The van der Waals surface area contributed by atoms with E-state index in [0.717, 1.165) is 0 Å². The van der Waals surface area contributed by atoms with Crippen molar-refractivity contribution in [2.45, 2.75) is 5.79 Å². The van der Waals surface area contributed by atoms with Crippen molar-refractivity contribution in [3.8, 4) is 0 Å². The zero-order valence-electron chi connectivity index (χ0n) is 6.51. The molecule has 1 aromatic carbocycles. The summed E-state index contributed by atoms with van der Waals surface area (Å²) in [5.41, 5.74) is 0.0833. The zero-order valence-corrected chi connectivity index (χ0v) is 6.51. The molecule has 3 N–H and O–H groups in total. The van der Waals surface area contributed by atoms with Crippen LogP contribution in [0.2, 0.25) is 0 Å². The molecule has 1 heterocycles. The lowest BCUT2D eigenvalue weighted by Gasteiger charge is -2.12. The molecule has 68 valence electrons. The number of rotatable bonds is 0. The lowest BCUT2D eigenvalue weighted by Crippen LogP contribution is -2.38. The predicted octanol–water partition coefficient (Wildman–Crippen LogP) is -0.440. The maximum Gasteiger partial charge on any atom is 0.315 e. The summed E-state index contributed by atoms with van der Waals surface area (Å²) in [6, 6.07) is 5.91. The molecule has 1 aromatic rings. The van der Waals surface area contributed by atoms with Crippen LogP contribution in [0.3, 0.4) is 0 Å². The highest BCUT2D eigenvalue weighted by Gasteiger charge is 2.48. The number of fused-ring (bicyclic) bond motifs is 1. The molecule has 13 heavy (non-hydrogen) atoms. The fourth-order valence-electron chi connectivity index (χ4n) is 1.33.